The lowest BCUT2D eigenvalue weighted by Gasteiger charge is -2.26. The second kappa shape index (κ2) is 12.8. The van der Waals surface area contributed by atoms with Gasteiger partial charge in [-0.2, -0.15) is 14.4 Å². The summed E-state index contributed by atoms with van der Waals surface area (Å²) in [6, 6.07) is 14.8. The predicted molar refractivity (Wildman–Crippen MR) is 164 cm³/mol. The second-order valence-corrected chi connectivity index (χ2v) is 12.8. The Kier molecular flexibility index (Phi) is 9.08. The molecule has 1 aliphatic heterocycles. The van der Waals surface area contributed by atoms with E-state index in [1.54, 1.807) is 12.1 Å². The zero-order chi connectivity index (χ0) is 29.9. The third-order valence-electron chi connectivity index (χ3n) is 6.43. The number of hydrogen-bond acceptors (Lipinski definition) is 10. The Morgan fingerprint density at radius 1 is 1.02 bits per heavy atom. The topological polar surface area (TPSA) is 120 Å². The van der Waals surface area contributed by atoms with Gasteiger partial charge in [0.05, 0.1) is 55.9 Å². The quantitative estimate of drug-likeness (QED) is 0.184. The summed E-state index contributed by atoms with van der Waals surface area (Å²) < 4.78 is 50.8. The van der Waals surface area contributed by atoms with E-state index in [1.807, 2.05) is 18.2 Å². The zero-order valence-electron chi connectivity index (χ0n) is 22.9. The largest absolute Gasteiger partial charge is 0.493 e. The van der Waals surface area contributed by atoms with Crippen LogP contribution in [-0.4, -0.2) is 77.5 Å². The monoisotopic (exact) mass is 674 g/mol. The van der Waals surface area contributed by atoms with E-state index in [0.29, 0.717) is 46.7 Å². The van der Waals surface area contributed by atoms with Gasteiger partial charge < -0.3 is 18.9 Å². The predicted octanol–water partition coefficient (Wildman–Crippen LogP) is 4.79. The fourth-order valence-electron chi connectivity index (χ4n) is 4.29. The fraction of sp³-hybridized carbons (Fsp3) is 0.250. The maximum atomic E-state index is 13.8. The smallest absolute Gasteiger partial charge is 0.280 e. The number of halogens is 1. The van der Waals surface area contributed by atoms with Gasteiger partial charge in [-0.05, 0) is 54.6 Å². The summed E-state index contributed by atoms with van der Waals surface area (Å²) in [7, 11) is 0.818. The standard InChI is InChI=1S/C28H27BrN4O7S2/c1-37-23-14-18(15-24(38-2)26(23)39-3)17-30-33(28-31-22-9-6-20(29)16-25(22)41-28)27(34)19-4-7-21(8-5-19)42(35,36)32-10-12-40-13-11-32/h4-9,14-17H,10-13H2,1-3H3/b30-17+. The van der Waals surface area contributed by atoms with Crippen molar-refractivity contribution >= 4 is 64.8 Å². The van der Waals surface area contributed by atoms with E-state index < -0.39 is 15.9 Å². The van der Waals surface area contributed by atoms with Crippen LogP contribution in [0.3, 0.4) is 0 Å². The van der Waals surface area contributed by atoms with Crippen molar-refractivity contribution in [3.05, 3.63) is 70.2 Å². The van der Waals surface area contributed by atoms with Crippen LogP contribution >= 0.6 is 27.3 Å². The van der Waals surface area contributed by atoms with Crippen LogP contribution < -0.4 is 19.2 Å². The van der Waals surface area contributed by atoms with E-state index in [-0.39, 0.29) is 23.5 Å². The van der Waals surface area contributed by atoms with Gasteiger partial charge in [-0.25, -0.2) is 13.4 Å². The number of thiazole rings is 1. The minimum Gasteiger partial charge on any atom is -0.493 e. The van der Waals surface area contributed by atoms with Crippen molar-refractivity contribution < 1.29 is 32.2 Å². The van der Waals surface area contributed by atoms with E-state index >= 15 is 0 Å². The highest BCUT2D eigenvalue weighted by Gasteiger charge is 2.27. The van der Waals surface area contributed by atoms with Crippen molar-refractivity contribution in [3.8, 4) is 17.2 Å². The molecular weight excluding hydrogens is 648 g/mol. The molecule has 220 valence electrons. The molecular formula is C28H27BrN4O7S2. The summed E-state index contributed by atoms with van der Waals surface area (Å²) in [6.07, 6.45) is 1.49. The van der Waals surface area contributed by atoms with E-state index in [2.05, 4.69) is 26.0 Å². The number of amides is 1. The van der Waals surface area contributed by atoms with Crippen molar-refractivity contribution in [2.24, 2.45) is 5.10 Å². The molecule has 0 aliphatic carbocycles. The van der Waals surface area contributed by atoms with Crippen molar-refractivity contribution in [2.75, 3.05) is 52.6 Å². The number of hydrazone groups is 1. The molecule has 42 heavy (non-hydrogen) atoms. The highest BCUT2D eigenvalue weighted by atomic mass is 79.9. The average molecular weight is 676 g/mol. The number of benzene rings is 3. The molecule has 0 unspecified atom stereocenters. The van der Waals surface area contributed by atoms with Crippen LogP contribution in [0.5, 0.6) is 17.2 Å². The number of nitrogens with zero attached hydrogens (tertiary/aromatic N) is 4. The molecule has 3 aromatic carbocycles. The summed E-state index contributed by atoms with van der Waals surface area (Å²) in [4.78, 5) is 18.6. The molecule has 0 atom stereocenters. The number of hydrogen-bond donors (Lipinski definition) is 0. The van der Waals surface area contributed by atoms with Crippen LogP contribution in [0.15, 0.2) is 69.1 Å². The highest BCUT2D eigenvalue weighted by molar-refractivity contribution is 9.10. The van der Waals surface area contributed by atoms with E-state index in [0.717, 1.165) is 9.17 Å². The van der Waals surface area contributed by atoms with Gasteiger partial charge >= 0.3 is 0 Å². The first kappa shape index (κ1) is 29.9. The first-order chi connectivity index (χ1) is 20.2. The summed E-state index contributed by atoms with van der Waals surface area (Å²) in [5.41, 5.74) is 1.52. The molecule has 4 aromatic rings. The van der Waals surface area contributed by atoms with Crippen LogP contribution in [0.4, 0.5) is 5.13 Å². The lowest BCUT2D eigenvalue weighted by molar-refractivity contribution is 0.0730. The number of methoxy groups -OCH3 is 3. The van der Waals surface area contributed by atoms with Crippen LogP contribution in [0.2, 0.25) is 0 Å². The number of sulfonamides is 1. The van der Waals surface area contributed by atoms with Gasteiger partial charge in [0.25, 0.3) is 5.91 Å². The summed E-state index contributed by atoms with van der Waals surface area (Å²) in [6.45, 7) is 1.24. The van der Waals surface area contributed by atoms with Gasteiger partial charge in [0.15, 0.2) is 11.5 Å². The Hall–Kier alpha value is -3.56. The van der Waals surface area contributed by atoms with Crippen molar-refractivity contribution in [2.45, 2.75) is 4.90 Å². The second-order valence-electron chi connectivity index (χ2n) is 8.97. The Labute approximate surface area is 255 Å². The SMILES string of the molecule is COc1cc(/C=N/N(C(=O)c2ccc(S(=O)(=O)N3CCOCC3)cc2)c2nc3ccc(Br)cc3s2)cc(OC)c1OC. The van der Waals surface area contributed by atoms with E-state index in [4.69, 9.17) is 18.9 Å². The van der Waals surface area contributed by atoms with Gasteiger partial charge in [-0.1, -0.05) is 27.3 Å². The third-order valence-corrected chi connectivity index (χ3v) is 9.83. The molecule has 2 heterocycles. The van der Waals surface area contributed by atoms with Gasteiger partial charge in [-0.3, -0.25) is 4.79 Å². The maximum absolute atomic E-state index is 13.8. The molecule has 11 nitrogen and oxygen atoms in total. The number of ether oxygens (including phenoxy) is 4. The number of carbonyl (C=O) groups is 1. The molecule has 1 aliphatic rings. The third kappa shape index (κ3) is 6.13. The molecule has 0 radical (unpaired) electrons. The van der Waals surface area contributed by atoms with Crippen molar-refractivity contribution in [1.29, 1.82) is 0 Å². The van der Waals surface area contributed by atoms with Crippen molar-refractivity contribution in [1.82, 2.24) is 9.29 Å². The number of anilines is 1. The summed E-state index contributed by atoms with van der Waals surface area (Å²) in [5.74, 6) is 0.789. The summed E-state index contributed by atoms with van der Waals surface area (Å²) >= 11 is 4.76. The summed E-state index contributed by atoms with van der Waals surface area (Å²) in [5, 5.41) is 6.03. The Balaban J connectivity index is 1.51. The maximum Gasteiger partial charge on any atom is 0.280 e. The Morgan fingerprint density at radius 3 is 2.31 bits per heavy atom. The van der Waals surface area contributed by atoms with Crippen LogP contribution in [0, 0.1) is 0 Å². The molecule has 0 spiro atoms. The molecule has 0 saturated carbocycles. The minimum atomic E-state index is -3.71. The van der Waals surface area contributed by atoms with Crippen molar-refractivity contribution in [3.63, 3.8) is 0 Å². The van der Waals surface area contributed by atoms with Crippen LogP contribution in [0.25, 0.3) is 10.2 Å². The van der Waals surface area contributed by atoms with Gasteiger partial charge in [0, 0.05) is 28.7 Å². The molecule has 1 fully saturated rings. The highest BCUT2D eigenvalue weighted by Crippen LogP contribution is 2.38. The molecule has 1 amide bonds. The van der Waals surface area contributed by atoms with E-state index in [1.165, 1.54) is 72.5 Å². The number of rotatable bonds is 9. The Bertz CT molecular complexity index is 1710. The molecule has 0 bridgehead atoms. The van der Waals surface area contributed by atoms with Gasteiger partial charge in [0.1, 0.15) is 0 Å². The number of carbonyl (C=O) groups excluding carboxylic acids is 1. The molecule has 1 saturated heterocycles. The molecule has 1 aromatic heterocycles. The normalized spacial score (nSPS) is 14.3. The molecule has 5 rings (SSSR count). The minimum absolute atomic E-state index is 0.0956. The number of aromatic nitrogens is 1. The molecule has 0 N–H and O–H groups in total. The molecule has 14 heteroatoms. The fourth-order valence-corrected chi connectivity index (χ4v) is 7.18. The first-order valence-corrected chi connectivity index (χ1v) is 15.7. The number of morpholine rings is 1. The Morgan fingerprint density at radius 2 is 1.69 bits per heavy atom. The average Bonchev–Trinajstić information content (AvgIpc) is 3.43. The number of fused-ring (bicyclic) bond motifs is 1. The van der Waals surface area contributed by atoms with Gasteiger partial charge in [0.2, 0.25) is 20.9 Å². The van der Waals surface area contributed by atoms with E-state index in [9.17, 15) is 13.2 Å². The van der Waals surface area contributed by atoms with Crippen LogP contribution in [-0.2, 0) is 14.8 Å². The zero-order valence-corrected chi connectivity index (χ0v) is 26.2. The lowest BCUT2D eigenvalue weighted by Crippen LogP contribution is -2.40. The first-order valence-electron chi connectivity index (χ1n) is 12.7. The lowest BCUT2D eigenvalue weighted by atomic mass is 10.2. The van der Waals surface area contributed by atoms with Crippen LogP contribution in [0.1, 0.15) is 15.9 Å². The van der Waals surface area contributed by atoms with Gasteiger partial charge in [-0.15, -0.1) is 0 Å².